The first-order valence-electron chi connectivity index (χ1n) is 7.12. The summed E-state index contributed by atoms with van der Waals surface area (Å²) in [5.74, 6) is 0.745. The molecule has 0 aliphatic carbocycles. The standard InChI is InChI=1S/C16H28N2/c1-5-18(13-14(2)3)12-11-16(17-4)15-9-7-6-8-10-15/h6-10,14,16-17H,5,11-13H2,1-4H3. The molecule has 0 aromatic heterocycles. The van der Waals surface area contributed by atoms with Crippen LogP contribution in [0.1, 0.15) is 38.8 Å². The summed E-state index contributed by atoms with van der Waals surface area (Å²) in [5.41, 5.74) is 1.39. The van der Waals surface area contributed by atoms with Crippen LogP contribution in [0.15, 0.2) is 30.3 Å². The third kappa shape index (κ3) is 5.19. The summed E-state index contributed by atoms with van der Waals surface area (Å²) in [6, 6.07) is 11.2. The van der Waals surface area contributed by atoms with E-state index in [-0.39, 0.29) is 0 Å². The second kappa shape index (κ2) is 8.28. The predicted octanol–water partition coefficient (Wildman–Crippen LogP) is 3.32. The van der Waals surface area contributed by atoms with Gasteiger partial charge in [0.05, 0.1) is 0 Å². The summed E-state index contributed by atoms with van der Waals surface area (Å²) in [6.07, 6.45) is 1.17. The highest BCUT2D eigenvalue weighted by atomic mass is 15.1. The van der Waals surface area contributed by atoms with Crippen LogP contribution in [0.3, 0.4) is 0 Å². The minimum absolute atomic E-state index is 0.465. The maximum Gasteiger partial charge on any atom is 0.0329 e. The zero-order chi connectivity index (χ0) is 13.4. The molecule has 0 aliphatic rings. The maximum atomic E-state index is 3.42. The lowest BCUT2D eigenvalue weighted by Gasteiger charge is -2.25. The van der Waals surface area contributed by atoms with Gasteiger partial charge in [-0.25, -0.2) is 0 Å². The van der Waals surface area contributed by atoms with E-state index >= 15 is 0 Å². The van der Waals surface area contributed by atoms with Gasteiger partial charge >= 0.3 is 0 Å². The smallest absolute Gasteiger partial charge is 0.0329 e. The lowest BCUT2D eigenvalue weighted by Crippen LogP contribution is -2.31. The minimum Gasteiger partial charge on any atom is -0.313 e. The van der Waals surface area contributed by atoms with Gasteiger partial charge in [-0.1, -0.05) is 51.1 Å². The summed E-state index contributed by atoms with van der Waals surface area (Å²) in [7, 11) is 2.05. The van der Waals surface area contributed by atoms with Crippen molar-refractivity contribution < 1.29 is 0 Å². The van der Waals surface area contributed by atoms with Gasteiger partial charge in [0.1, 0.15) is 0 Å². The number of benzene rings is 1. The molecule has 0 spiro atoms. The van der Waals surface area contributed by atoms with Crippen LogP contribution >= 0.6 is 0 Å². The molecule has 2 nitrogen and oxygen atoms in total. The summed E-state index contributed by atoms with van der Waals surface area (Å²) in [5, 5.41) is 3.42. The minimum atomic E-state index is 0.465. The fourth-order valence-corrected chi connectivity index (χ4v) is 2.37. The molecule has 1 unspecified atom stereocenters. The monoisotopic (exact) mass is 248 g/mol. The molecule has 18 heavy (non-hydrogen) atoms. The molecule has 1 N–H and O–H groups in total. The Morgan fingerprint density at radius 3 is 2.33 bits per heavy atom. The molecule has 0 saturated heterocycles. The summed E-state index contributed by atoms with van der Waals surface area (Å²) in [6.45, 7) is 10.3. The van der Waals surface area contributed by atoms with Crippen LogP contribution in [0, 0.1) is 5.92 Å². The topological polar surface area (TPSA) is 15.3 Å². The van der Waals surface area contributed by atoms with Gasteiger partial charge < -0.3 is 10.2 Å². The highest BCUT2D eigenvalue weighted by Crippen LogP contribution is 2.16. The van der Waals surface area contributed by atoms with Crippen molar-refractivity contribution in [3.05, 3.63) is 35.9 Å². The Kier molecular flexibility index (Phi) is 6.99. The molecule has 1 aromatic rings. The molecular weight excluding hydrogens is 220 g/mol. The van der Waals surface area contributed by atoms with Gasteiger partial charge in [0.15, 0.2) is 0 Å². The Morgan fingerprint density at radius 2 is 1.83 bits per heavy atom. The number of nitrogens with zero attached hydrogens (tertiary/aromatic N) is 1. The fourth-order valence-electron chi connectivity index (χ4n) is 2.37. The van der Waals surface area contributed by atoms with Crippen LogP contribution < -0.4 is 5.32 Å². The van der Waals surface area contributed by atoms with Crippen LogP contribution in [0.4, 0.5) is 0 Å². The number of hydrogen-bond donors (Lipinski definition) is 1. The van der Waals surface area contributed by atoms with Crippen molar-refractivity contribution in [2.75, 3.05) is 26.7 Å². The third-order valence-corrected chi connectivity index (χ3v) is 3.35. The van der Waals surface area contributed by atoms with E-state index in [0.717, 1.165) is 19.0 Å². The number of rotatable bonds is 8. The maximum absolute atomic E-state index is 3.42. The van der Waals surface area contributed by atoms with Crippen LogP contribution in [-0.4, -0.2) is 31.6 Å². The van der Waals surface area contributed by atoms with Gasteiger partial charge in [-0.3, -0.25) is 0 Å². The molecule has 0 radical (unpaired) electrons. The Labute approximate surface area is 112 Å². The highest BCUT2D eigenvalue weighted by molar-refractivity contribution is 5.18. The Balaban J connectivity index is 2.48. The highest BCUT2D eigenvalue weighted by Gasteiger charge is 2.11. The molecule has 0 heterocycles. The lowest BCUT2D eigenvalue weighted by molar-refractivity contribution is 0.243. The number of nitrogens with one attached hydrogen (secondary N) is 1. The van der Waals surface area contributed by atoms with Gasteiger partial charge in [-0.15, -0.1) is 0 Å². The van der Waals surface area contributed by atoms with Crippen LogP contribution in [0.2, 0.25) is 0 Å². The Morgan fingerprint density at radius 1 is 1.17 bits per heavy atom. The van der Waals surface area contributed by atoms with Gasteiger partial charge in [0.25, 0.3) is 0 Å². The van der Waals surface area contributed by atoms with Crippen LogP contribution in [-0.2, 0) is 0 Å². The van der Waals surface area contributed by atoms with Crippen molar-refractivity contribution in [2.24, 2.45) is 5.92 Å². The summed E-state index contributed by atoms with van der Waals surface area (Å²) in [4.78, 5) is 2.54. The average Bonchev–Trinajstić information content (AvgIpc) is 2.39. The van der Waals surface area contributed by atoms with E-state index in [0.29, 0.717) is 6.04 Å². The van der Waals surface area contributed by atoms with Crippen molar-refractivity contribution in [1.82, 2.24) is 10.2 Å². The second-order valence-electron chi connectivity index (χ2n) is 5.33. The van der Waals surface area contributed by atoms with E-state index in [1.54, 1.807) is 0 Å². The van der Waals surface area contributed by atoms with Crippen molar-refractivity contribution >= 4 is 0 Å². The van der Waals surface area contributed by atoms with E-state index in [4.69, 9.17) is 0 Å². The molecule has 1 rings (SSSR count). The van der Waals surface area contributed by atoms with Gasteiger partial charge in [0, 0.05) is 12.6 Å². The molecule has 2 heteroatoms. The normalized spacial score (nSPS) is 13.2. The van der Waals surface area contributed by atoms with Crippen LogP contribution in [0.5, 0.6) is 0 Å². The fraction of sp³-hybridized carbons (Fsp3) is 0.625. The molecule has 1 aromatic carbocycles. The van der Waals surface area contributed by atoms with Gasteiger partial charge in [-0.05, 0) is 38.0 Å². The molecule has 0 amide bonds. The van der Waals surface area contributed by atoms with Crippen molar-refractivity contribution in [3.63, 3.8) is 0 Å². The second-order valence-corrected chi connectivity index (χ2v) is 5.33. The molecule has 1 atom stereocenters. The van der Waals surface area contributed by atoms with E-state index in [9.17, 15) is 0 Å². The van der Waals surface area contributed by atoms with Crippen molar-refractivity contribution in [3.8, 4) is 0 Å². The molecule has 0 fully saturated rings. The summed E-state index contributed by atoms with van der Waals surface area (Å²) < 4.78 is 0. The van der Waals surface area contributed by atoms with Crippen molar-refractivity contribution in [1.29, 1.82) is 0 Å². The number of hydrogen-bond acceptors (Lipinski definition) is 2. The average molecular weight is 248 g/mol. The first-order chi connectivity index (χ1) is 8.67. The van der Waals surface area contributed by atoms with Crippen LogP contribution in [0.25, 0.3) is 0 Å². The first-order valence-corrected chi connectivity index (χ1v) is 7.12. The Hall–Kier alpha value is -0.860. The molecule has 0 bridgehead atoms. The SMILES string of the molecule is CCN(CCC(NC)c1ccccc1)CC(C)C. The largest absolute Gasteiger partial charge is 0.313 e. The van der Waals surface area contributed by atoms with Crippen molar-refractivity contribution in [2.45, 2.75) is 33.2 Å². The quantitative estimate of drug-likeness (QED) is 0.759. The summed E-state index contributed by atoms with van der Waals surface area (Å²) >= 11 is 0. The van der Waals surface area contributed by atoms with E-state index in [1.807, 2.05) is 0 Å². The van der Waals surface area contributed by atoms with Gasteiger partial charge in [0.2, 0.25) is 0 Å². The molecule has 0 saturated carbocycles. The first kappa shape index (κ1) is 15.2. The molecule has 0 aliphatic heterocycles. The van der Waals surface area contributed by atoms with E-state index in [1.165, 1.54) is 18.5 Å². The third-order valence-electron chi connectivity index (χ3n) is 3.35. The zero-order valence-electron chi connectivity index (χ0n) is 12.3. The molecule has 102 valence electrons. The predicted molar refractivity (Wildman–Crippen MR) is 79.8 cm³/mol. The van der Waals surface area contributed by atoms with E-state index < -0.39 is 0 Å². The van der Waals surface area contributed by atoms with E-state index in [2.05, 4.69) is 68.4 Å². The van der Waals surface area contributed by atoms with Gasteiger partial charge in [-0.2, -0.15) is 0 Å². The molecular formula is C16H28N2. The zero-order valence-corrected chi connectivity index (χ0v) is 12.3. The lowest BCUT2D eigenvalue weighted by atomic mass is 10.0. The Bertz CT molecular complexity index is 308.